The lowest BCUT2D eigenvalue weighted by Gasteiger charge is -2.06. The smallest absolute Gasteiger partial charge is 0.149 e. The second-order valence-corrected chi connectivity index (χ2v) is 3.22. The SMILES string of the molecule is N#CC(c1ccc(F)cc1)c1ncccn1. The molecule has 1 aromatic heterocycles. The first kappa shape index (κ1) is 10.2. The summed E-state index contributed by atoms with van der Waals surface area (Å²) in [5.74, 6) is -0.451. The molecule has 3 nitrogen and oxygen atoms in total. The number of nitrogens with zero attached hydrogens (tertiary/aromatic N) is 3. The molecular formula is C12H8FN3. The highest BCUT2D eigenvalue weighted by molar-refractivity contribution is 5.31. The van der Waals surface area contributed by atoms with Crippen LogP contribution in [0.5, 0.6) is 0 Å². The Morgan fingerprint density at radius 3 is 2.31 bits per heavy atom. The zero-order chi connectivity index (χ0) is 11.4. The Kier molecular flexibility index (Phi) is 2.88. The van der Waals surface area contributed by atoms with E-state index in [0.29, 0.717) is 11.4 Å². The summed E-state index contributed by atoms with van der Waals surface area (Å²) in [6, 6.07) is 9.57. The zero-order valence-corrected chi connectivity index (χ0v) is 8.34. The molecule has 0 aliphatic rings. The number of benzene rings is 1. The van der Waals surface area contributed by atoms with Gasteiger partial charge in [-0.05, 0) is 23.8 Å². The van der Waals surface area contributed by atoms with Gasteiger partial charge in [0.1, 0.15) is 17.6 Å². The van der Waals surface area contributed by atoms with Crippen LogP contribution in [0.2, 0.25) is 0 Å². The Balaban J connectivity index is 2.38. The number of rotatable bonds is 2. The van der Waals surface area contributed by atoms with Crippen molar-refractivity contribution in [3.8, 4) is 6.07 Å². The van der Waals surface area contributed by atoms with E-state index in [9.17, 15) is 4.39 Å². The molecule has 0 fully saturated rings. The summed E-state index contributed by atoms with van der Waals surface area (Å²) in [6.07, 6.45) is 3.16. The molecule has 0 spiro atoms. The van der Waals surface area contributed by atoms with Gasteiger partial charge in [0, 0.05) is 12.4 Å². The summed E-state index contributed by atoms with van der Waals surface area (Å²) in [7, 11) is 0. The number of halogens is 1. The molecule has 1 aromatic carbocycles. The van der Waals surface area contributed by atoms with Gasteiger partial charge in [-0.1, -0.05) is 12.1 Å². The molecule has 2 aromatic rings. The summed E-state index contributed by atoms with van der Waals surface area (Å²) in [6.45, 7) is 0. The van der Waals surface area contributed by atoms with Crippen LogP contribution in [0.1, 0.15) is 17.3 Å². The van der Waals surface area contributed by atoms with Crippen molar-refractivity contribution in [1.29, 1.82) is 5.26 Å². The van der Waals surface area contributed by atoms with Crippen LogP contribution >= 0.6 is 0 Å². The maximum Gasteiger partial charge on any atom is 0.149 e. The van der Waals surface area contributed by atoms with Crippen LogP contribution in [0.15, 0.2) is 42.7 Å². The molecule has 0 saturated heterocycles. The van der Waals surface area contributed by atoms with Crippen molar-refractivity contribution in [2.24, 2.45) is 0 Å². The molecule has 2 rings (SSSR count). The third kappa shape index (κ3) is 2.04. The van der Waals surface area contributed by atoms with Crippen molar-refractivity contribution in [3.05, 3.63) is 59.9 Å². The van der Waals surface area contributed by atoms with Gasteiger partial charge >= 0.3 is 0 Å². The standard InChI is InChI=1S/C12H8FN3/c13-10-4-2-9(3-5-10)11(8-14)12-15-6-1-7-16-12/h1-7,11H. The van der Waals surface area contributed by atoms with Crippen LogP contribution < -0.4 is 0 Å². The maximum absolute atomic E-state index is 12.7. The predicted octanol–water partition coefficient (Wildman–Crippen LogP) is 2.27. The Morgan fingerprint density at radius 1 is 1.12 bits per heavy atom. The normalized spacial score (nSPS) is 11.8. The molecule has 1 unspecified atom stereocenters. The quantitative estimate of drug-likeness (QED) is 0.768. The molecule has 1 heterocycles. The fraction of sp³-hybridized carbons (Fsp3) is 0.0833. The average Bonchev–Trinajstić information content (AvgIpc) is 2.34. The van der Waals surface area contributed by atoms with Gasteiger partial charge in [0.05, 0.1) is 6.07 Å². The van der Waals surface area contributed by atoms with Crippen LogP contribution in [-0.2, 0) is 0 Å². The van der Waals surface area contributed by atoms with Gasteiger partial charge in [0.2, 0.25) is 0 Å². The summed E-state index contributed by atoms with van der Waals surface area (Å²) in [5.41, 5.74) is 0.690. The van der Waals surface area contributed by atoms with Crippen LogP contribution in [-0.4, -0.2) is 9.97 Å². The van der Waals surface area contributed by atoms with E-state index in [-0.39, 0.29) is 5.82 Å². The second-order valence-electron chi connectivity index (χ2n) is 3.22. The van der Waals surface area contributed by atoms with E-state index in [1.807, 2.05) is 0 Å². The lowest BCUT2D eigenvalue weighted by Crippen LogP contribution is -2.03. The van der Waals surface area contributed by atoms with Gasteiger partial charge in [-0.15, -0.1) is 0 Å². The van der Waals surface area contributed by atoms with E-state index >= 15 is 0 Å². The monoisotopic (exact) mass is 213 g/mol. The molecule has 0 aliphatic heterocycles. The molecule has 0 N–H and O–H groups in total. The minimum Gasteiger partial charge on any atom is -0.240 e. The van der Waals surface area contributed by atoms with E-state index in [2.05, 4.69) is 16.0 Å². The van der Waals surface area contributed by atoms with Crippen LogP contribution in [0.4, 0.5) is 4.39 Å². The largest absolute Gasteiger partial charge is 0.240 e. The summed E-state index contributed by atoms with van der Waals surface area (Å²) in [4.78, 5) is 8.04. The second kappa shape index (κ2) is 4.49. The summed E-state index contributed by atoms with van der Waals surface area (Å²) >= 11 is 0. The molecule has 0 amide bonds. The Morgan fingerprint density at radius 2 is 1.75 bits per heavy atom. The van der Waals surface area contributed by atoms with Crippen molar-refractivity contribution in [3.63, 3.8) is 0 Å². The minimum absolute atomic E-state index is 0.325. The third-order valence-electron chi connectivity index (χ3n) is 2.18. The summed E-state index contributed by atoms with van der Waals surface area (Å²) < 4.78 is 12.7. The van der Waals surface area contributed by atoms with Gasteiger partial charge in [-0.25, -0.2) is 14.4 Å². The van der Waals surface area contributed by atoms with E-state index < -0.39 is 5.92 Å². The Labute approximate surface area is 92.2 Å². The van der Waals surface area contributed by atoms with E-state index in [0.717, 1.165) is 0 Å². The summed E-state index contributed by atoms with van der Waals surface area (Å²) in [5, 5.41) is 9.08. The molecular weight excluding hydrogens is 205 g/mol. The van der Waals surface area contributed by atoms with Gasteiger partial charge < -0.3 is 0 Å². The number of aromatic nitrogens is 2. The molecule has 0 aliphatic carbocycles. The molecule has 1 atom stereocenters. The number of nitriles is 1. The van der Waals surface area contributed by atoms with Crippen molar-refractivity contribution in [2.75, 3.05) is 0 Å². The maximum atomic E-state index is 12.7. The van der Waals surface area contributed by atoms with E-state index in [4.69, 9.17) is 5.26 Å². The van der Waals surface area contributed by atoms with Crippen LogP contribution in [0.3, 0.4) is 0 Å². The molecule has 78 valence electrons. The fourth-order valence-electron chi connectivity index (χ4n) is 1.40. The first-order valence-electron chi connectivity index (χ1n) is 4.73. The van der Waals surface area contributed by atoms with Crippen molar-refractivity contribution in [2.45, 2.75) is 5.92 Å². The molecule has 0 radical (unpaired) electrons. The van der Waals surface area contributed by atoms with Gasteiger partial charge in [0.15, 0.2) is 0 Å². The molecule has 0 bridgehead atoms. The highest BCUT2D eigenvalue weighted by atomic mass is 19.1. The first-order chi connectivity index (χ1) is 7.81. The highest BCUT2D eigenvalue weighted by Gasteiger charge is 2.15. The molecule has 16 heavy (non-hydrogen) atoms. The minimum atomic E-state index is -0.554. The van der Waals surface area contributed by atoms with Gasteiger partial charge in [-0.3, -0.25) is 0 Å². The highest BCUT2D eigenvalue weighted by Crippen LogP contribution is 2.20. The Hall–Kier alpha value is -2.28. The predicted molar refractivity (Wildman–Crippen MR) is 55.9 cm³/mol. The molecule has 0 saturated carbocycles. The van der Waals surface area contributed by atoms with Gasteiger partial charge in [-0.2, -0.15) is 5.26 Å². The van der Waals surface area contributed by atoms with Gasteiger partial charge in [0.25, 0.3) is 0 Å². The lowest BCUT2D eigenvalue weighted by molar-refractivity contribution is 0.626. The van der Waals surface area contributed by atoms with Crippen molar-refractivity contribution >= 4 is 0 Å². The van der Waals surface area contributed by atoms with Crippen molar-refractivity contribution in [1.82, 2.24) is 9.97 Å². The topological polar surface area (TPSA) is 49.6 Å². The Bertz CT molecular complexity index is 502. The number of hydrogen-bond donors (Lipinski definition) is 0. The lowest BCUT2D eigenvalue weighted by atomic mass is 10.00. The van der Waals surface area contributed by atoms with E-state index in [1.54, 1.807) is 30.6 Å². The molecule has 4 heteroatoms. The third-order valence-corrected chi connectivity index (χ3v) is 2.18. The average molecular weight is 213 g/mol. The van der Waals surface area contributed by atoms with Crippen molar-refractivity contribution < 1.29 is 4.39 Å². The fourth-order valence-corrected chi connectivity index (χ4v) is 1.40. The van der Waals surface area contributed by atoms with Crippen LogP contribution in [0.25, 0.3) is 0 Å². The van der Waals surface area contributed by atoms with Crippen LogP contribution in [0, 0.1) is 17.1 Å². The number of hydrogen-bond acceptors (Lipinski definition) is 3. The first-order valence-corrected chi connectivity index (χ1v) is 4.73. The van der Waals surface area contributed by atoms with E-state index in [1.165, 1.54) is 12.1 Å². The zero-order valence-electron chi connectivity index (χ0n) is 8.34.